The van der Waals surface area contributed by atoms with E-state index >= 15 is 0 Å². The van der Waals surface area contributed by atoms with Crippen LogP contribution in [0, 0.1) is 6.92 Å². The Morgan fingerprint density at radius 2 is 2.08 bits per heavy atom. The minimum Gasteiger partial charge on any atom is -0.433 e. The van der Waals surface area contributed by atoms with Gasteiger partial charge in [-0.2, -0.15) is 8.78 Å². The molecule has 2 amide bonds. The van der Waals surface area contributed by atoms with Crippen LogP contribution in [0.1, 0.15) is 21.7 Å². The van der Waals surface area contributed by atoms with Crippen molar-refractivity contribution < 1.29 is 23.1 Å². The summed E-state index contributed by atoms with van der Waals surface area (Å²) in [4.78, 5) is 24.0. The van der Waals surface area contributed by atoms with Gasteiger partial charge >= 0.3 is 6.61 Å². The average Bonchev–Trinajstić information content (AvgIpc) is 2.97. The fourth-order valence-corrected chi connectivity index (χ4v) is 3.22. The van der Waals surface area contributed by atoms with Crippen molar-refractivity contribution in [2.75, 3.05) is 11.9 Å². The molecular weight excluding hydrogens is 418 g/mol. The fourth-order valence-electron chi connectivity index (χ4n) is 2.00. The van der Waals surface area contributed by atoms with Crippen LogP contribution in [0.25, 0.3) is 0 Å². The van der Waals surface area contributed by atoms with E-state index in [0.29, 0.717) is 5.69 Å². The van der Waals surface area contributed by atoms with Gasteiger partial charge in [-0.05, 0) is 42.1 Å². The van der Waals surface area contributed by atoms with E-state index in [1.54, 1.807) is 6.07 Å². The molecule has 1 aromatic carbocycles. The zero-order valence-corrected chi connectivity index (χ0v) is 15.5. The van der Waals surface area contributed by atoms with Gasteiger partial charge in [-0.15, -0.1) is 11.3 Å². The number of thiophene rings is 1. The number of amides is 2. The molecule has 5 nitrogen and oxygen atoms in total. The smallest absolute Gasteiger partial charge is 0.387 e. The van der Waals surface area contributed by atoms with Crippen molar-refractivity contribution in [1.82, 2.24) is 5.32 Å². The van der Waals surface area contributed by atoms with E-state index in [4.69, 9.17) is 0 Å². The number of carbonyl (C=O) groups excluding carboxylic acids is 2. The summed E-state index contributed by atoms with van der Waals surface area (Å²) < 4.78 is 29.7. The summed E-state index contributed by atoms with van der Waals surface area (Å²) in [6.45, 7) is -1.06. The molecule has 0 saturated carbocycles. The highest BCUT2D eigenvalue weighted by molar-refractivity contribution is 9.10. The average molecular weight is 433 g/mol. The largest absolute Gasteiger partial charge is 0.433 e. The number of ether oxygens (including phenoxy) is 1. The van der Waals surface area contributed by atoms with Crippen LogP contribution in [0.5, 0.6) is 5.75 Å². The van der Waals surface area contributed by atoms with Crippen LogP contribution in [-0.2, 0) is 4.79 Å². The molecule has 0 spiro atoms. The number of anilines is 1. The number of alkyl halides is 2. The molecular formula is C16H15BrF2N2O3S. The Hall–Kier alpha value is -2.00. The molecule has 0 bridgehead atoms. The number of aryl methyl sites for hydroxylation is 1. The van der Waals surface area contributed by atoms with Gasteiger partial charge in [0, 0.05) is 23.1 Å². The maximum absolute atomic E-state index is 12.3. The summed E-state index contributed by atoms with van der Waals surface area (Å²) >= 11 is 4.33. The van der Waals surface area contributed by atoms with Crippen LogP contribution in [0.4, 0.5) is 14.5 Å². The van der Waals surface area contributed by atoms with Gasteiger partial charge in [0.25, 0.3) is 5.91 Å². The topological polar surface area (TPSA) is 67.4 Å². The summed E-state index contributed by atoms with van der Waals surface area (Å²) in [6.07, 6.45) is 0.0532. The highest BCUT2D eigenvalue weighted by Gasteiger charge is 2.17. The molecule has 1 heterocycles. The Kier molecular flexibility index (Phi) is 6.89. The lowest BCUT2D eigenvalue weighted by atomic mass is 10.2. The van der Waals surface area contributed by atoms with Gasteiger partial charge in [-0.1, -0.05) is 15.9 Å². The maximum atomic E-state index is 12.3. The first-order chi connectivity index (χ1) is 11.9. The van der Waals surface area contributed by atoms with Gasteiger partial charge in [-0.25, -0.2) is 0 Å². The monoisotopic (exact) mass is 432 g/mol. The van der Waals surface area contributed by atoms with E-state index < -0.39 is 12.5 Å². The predicted molar refractivity (Wildman–Crippen MR) is 95.4 cm³/mol. The summed E-state index contributed by atoms with van der Waals surface area (Å²) in [6, 6.07) is 6.76. The first kappa shape index (κ1) is 19.3. The number of nitrogens with one attached hydrogen (secondary N) is 2. The van der Waals surface area contributed by atoms with E-state index in [1.807, 2.05) is 19.1 Å². The van der Waals surface area contributed by atoms with Crippen LogP contribution < -0.4 is 15.4 Å². The van der Waals surface area contributed by atoms with Gasteiger partial charge in [0.05, 0.1) is 0 Å². The minimum absolute atomic E-state index is 0.0458. The highest BCUT2D eigenvalue weighted by atomic mass is 79.9. The van der Waals surface area contributed by atoms with Crippen molar-refractivity contribution >= 4 is 44.8 Å². The van der Waals surface area contributed by atoms with E-state index in [9.17, 15) is 18.4 Å². The third-order valence-corrected chi connectivity index (χ3v) is 4.54. The number of rotatable bonds is 7. The van der Waals surface area contributed by atoms with E-state index in [1.165, 1.54) is 11.4 Å². The Bertz CT molecular complexity index is 768. The molecule has 0 fully saturated rings. The number of hydrogen-bond donors (Lipinski definition) is 2. The van der Waals surface area contributed by atoms with Crippen molar-refractivity contribution in [3.05, 3.63) is 44.6 Å². The summed E-state index contributed by atoms with van der Waals surface area (Å²) in [7, 11) is 0. The van der Waals surface area contributed by atoms with Gasteiger partial charge < -0.3 is 15.4 Å². The summed E-state index contributed by atoms with van der Waals surface area (Å²) in [5.74, 6) is -0.994. The summed E-state index contributed by atoms with van der Waals surface area (Å²) in [5.41, 5.74) is 1.59. The molecule has 134 valence electrons. The molecule has 2 aromatic rings. The summed E-state index contributed by atoms with van der Waals surface area (Å²) in [5, 5.41) is 6.75. The van der Waals surface area contributed by atoms with Crippen LogP contribution >= 0.6 is 27.3 Å². The lowest BCUT2D eigenvalue weighted by Gasteiger charge is -2.10. The molecule has 25 heavy (non-hydrogen) atoms. The van der Waals surface area contributed by atoms with Gasteiger partial charge in [0.1, 0.15) is 10.6 Å². The normalized spacial score (nSPS) is 10.6. The van der Waals surface area contributed by atoms with Crippen LogP contribution in [-0.4, -0.2) is 25.0 Å². The van der Waals surface area contributed by atoms with Crippen molar-refractivity contribution in [3.8, 4) is 5.75 Å². The minimum atomic E-state index is -3.00. The second-order valence-electron chi connectivity index (χ2n) is 5.01. The maximum Gasteiger partial charge on any atom is 0.387 e. The first-order valence-electron chi connectivity index (χ1n) is 7.23. The Labute approximate surface area is 155 Å². The van der Waals surface area contributed by atoms with Gasteiger partial charge in [-0.3, -0.25) is 9.59 Å². The van der Waals surface area contributed by atoms with Crippen molar-refractivity contribution in [2.45, 2.75) is 20.0 Å². The second-order valence-corrected chi connectivity index (χ2v) is 6.84. The number of hydrogen-bond acceptors (Lipinski definition) is 4. The Balaban J connectivity index is 1.83. The van der Waals surface area contributed by atoms with Crippen LogP contribution in [0.15, 0.2) is 34.1 Å². The molecule has 9 heteroatoms. The molecule has 0 saturated heterocycles. The molecule has 0 unspecified atom stereocenters. The molecule has 0 aliphatic rings. The zero-order valence-electron chi connectivity index (χ0n) is 13.1. The molecule has 0 atom stereocenters. The lowest BCUT2D eigenvalue weighted by Crippen LogP contribution is -2.27. The number of benzene rings is 1. The second kappa shape index (κ2) is 8.91. The SMILES string of the molecule is Cc1cc(Br)ccc1NC(=O)CCNC(=O)c1sccc1OC(F)F. The fraction of sp³-hybridized carbons (Fsp3) is 0.250. The predicted octanol–water partition coefficient (Wildman–Crippen LogP) is 4.18. The van der Waals surface area contributed by atoms with Crippen molar-refractivity contribution in [3.63, 3.8) is 0 Å². The van der Waals surface area contributed by atoms with Gasteiger partial charge in [0.2, 0.25) is 5.91 Å². The number of carbonyl (C=O) groups is 2. The molecule has 1 aromatic heterocycles. The molecule has 2 rings (SSSR count). The molecule has 0 aliphatic carbocycles. The van der Waals surface area contributed by atoms with Gasteiger partial charge in [0.15, 0.2) is 0 Å². The van der Waals surface area contributed by atoms with E-state index in [0.717, 1.165) is 21.4 Å². The Morgan fingerprint density at radius 3 is 2.76 bits per heavy atom. The Morgan fingerprint density at radius 1 is 1.32 bits per heavy atom. The molecule has 2 N–H and O–H groups in total. The zero-order chi connectivity index (χ0) is 18.4. The van der Waals surface area contributed by atoms with E-state index in [2.05, 4.69) is 31.3 Å². The lowest BCUT2D eigenvalue weighted by molar-refractivity contribution is -0.116. The standard InChI is InChI=1S/C16H15BrF2N2O3S/c1-9-8-10(17)2-3-11(9)21-13(22)4-6-20-15(23)14-12(5-7-25-14)24-16(18)19/h2-3,5,7-8,16H,4,6H2,1H3,(H,20,23)(H,21,22). The third-order valence-electron chi connectivity index (χ3n) is 3.15. The molecule has 0 radical (unpaired) electrons. The number of halogens is 3. The quantitative estimate of drug-likeness (QED) is 0.689. The molecule has 0 aliphatic heterocycles. The van der Waals surface area contributed by atoms with Crippen LogP contribution in [0.2, 0.25) is 0 Å². The van der Waals surface area contributed by atoms with Crippen molar-refractivity contribution in [2.24, 2.45) is 0 Å². The highest BCUT2D eigenvalue weighted by Crippen LogP contribution is 2.26. The van der Waals surface area contributed by atoms with Crippen molar-refractivity contribution in [1.29, 1.82) is 0 Å². The first-order valence-corrected chi connectivity index (χ1v) is 8.90. The third kappa shape index (κ3) is 5.79. The van der Waals surface area contributed by atoms with E-state index in [-0.39, 0.29) is 29.5 Å². The van der Waals surface area contributed by atoms with Crippen LogP contribution in [0.3, 0.4) is 0 Å².